The normalized spacial score (nSPS) is 21.6. The van der Waals surface area contributed by atoms with E-state index in [1.54, 1.807) is 13.0 Å². The molecule has 1 aliphatic rings. The standard InChI is InChI=1S/C14H22N2O4/c1-3-18-14(17)11-4-6-19-13(11)9-16-5-7-20-12(8-16)10(2)15/h4,6,10,12H,3,5,7-9,15H2,1-2H3. The van der Waals surface area contributed by atoms with Gasteiger partial charge in [0.05, 0.1) is 32.1 Å². The summed E-state index contributed by atoms with van der Waals surface area (Å²) in [6.45, 7) is 6.81. The Balaban J connectivity index is 1.99. The molecule has 0 aliphatic carbocycles. The highest BCUT2D eigenvalue weighted by molar-refractivity contribution is 5.90. The van der Waals surface area contributed by atoms with Gasteiger partial charge in [-0.25, -0.2) is 4.79 Å². The second kappa shape index (κ2) is 6.88. The van der Waals surface area contributed by atoms with Crippen molar-refractivity contribution in [3.63, 3.8) is 0 Å². The molecular weight excluding hydrogens is 260 g/mol. The SMILES string of the molecule is CCOC(=O)c1ccoc1CN1CCOC(C(C)N)C1. The molecule has 20 heavy (non-hydrogen) atoms. The van der Waals surface area contributed by atoms with Crippen LogP contribution in [0.5, 0.6) is 0 Å². The molecular formula is C14H22N2O4. The van der Waals surface area contributed by atoms with Gasteiger partial charge in [0.1, 0.15) is 11.3 Å². The first-order valence-corrected chi connectivity index (χ1v) is 6.94. The van der Waals surface area contributed by atoms with Gasteiger partial charge in [0.25, 0.3) is 0 Å². The topological polar surface area (TPSA) is 77.9 Å². The number of rotatable bonds is 5. The number of nitrogens with zero attached hydrogens (tertiary/aromatic N) is 1. The predicted molar refractivity (Wildman–Crippen MR) is 73.3 cm³/mol. The van der Waals surface area contributed by atoms with E-state index in [4.69, 9.17) is 19.6 Å². The number of carbonyl (C=O) groups excluding carboxylic acids is 1. The number of carbonyl (C=O) groups is 1. The minimum Gasteiger partial charge on any atom is -0.467 e. The zero-order valence-corrected chi connectivity index (χ0v) is 12.0. The summed E-state index contributed by atoms with van der Waals surface area (Å²) in [5.74, 6) is 0.294. The fourth-order valence-corrected chi connectivity index (χ4v) is 2.25. The summed E-state index contributed by atoms with van der Waals surface area (Å²) in [5, 5.41) is 0. The van der Waals surface area contributed by atoms with Gasteiger partial charge < -0.3 is 19.6 Å². The maximum atomic E-state index is 11.8. The van der Waals surface area contributed by atoms with Crippen molar-refractivity contribution in [2.75, 3.05) is 26.3 Å². The van der Waals surface area contributed by atoms with E-state index in [9.17, 15) is 4.79 Å². The smallest absolute Gasteiger partial charge is 0.341 e. The molecule has 6 nitrogen and oxygen atoms in total. The third-order valence-corrected chi connectivity index (χ3v) is 3.37. The molecule has 2 heterocycles. The summed E-state index contributed by atoms with van der Waals surface area (Å²) in [5.41, 5.74) is 6.37. The van der Waals surface area contributed by atoms with E-state index in [0.29, 0.717) is 31.1 Å². The van der Waals surface area contributed by atoms with Crippen LogP contribution < -0.4 is 5.73 Å². The molecule has 1 aromatic rings. The van der Waals surface area contributed by atoms with E-state index in [2.05, 4.69) is 4.90 Å². The zero-order valence-electron chi connectivity index (χ0n) is 12.0. The van der Waals surface area contributed by atoms with Gasteiger partial charge in [0.2, 0.25) is 0 Å². The molecule has 2 atom stereocenters. The van der Waals surface area contributed by atoms with E-state index in [1.165, 1.54) is 6.26 Å². The lowest BCUT2D eigenvalue weighted by atomic mass is 10.1. The van der Waals surface area contributed by atoms with Crippen molar-refractivity contribution in [1.82, 2.24) is 4.90 Å². The third-order valence-electron chi connectivity index (χ3n) is 3.37. The lowest BCUT2D eigenvalue weighted by Crippen LogP contribution is -2.49. The van der Waals surface area contributed by atoms with Crippen LogP contribution in [0.15, 0.2) is 16.7 Å². The molecule has 1 saturated heterocycles. The minimum atomic E-state index is -0.340. The number of morpholine rings is 1. The van der Waals surface area contributed by atoms with Gasteiger partial charge in [0.15, 0.2) is 0 Å². The largest absolute Gasteiger partial charge is 0.467 e. The lowest BCUT2D eigenvalue weighted by molar-refractivity contribution is -0.0420. The van der Waals surface area contributed by atoms with Crippen molar-refractivity contribution in [3.8, 4) is 0 Å². The Morgan fingerprint density at radius 2 is 2.45 bits per heavy atom. The summed E-state index contributed by atoms with van der Waals surface area (Å²) in [4.78, 5) is 14.0. The average molecular weight is 282 g/mol. The van der Waals surface area contributed by atoms with Gasteiger partial charge in [-0.1, -0.05) is 0 Å². The highest BCUT2D eigenvalue weighted by Gasteiger charge is 2.25. The summed E-state index contributed by atoms with van der Waals surface area (Å²) in [7, 11) is 0. The number of nitrogens with two attached hydrogens (primary N) is 1. The average Bonchev–Trinajstić information content (AvgIpc) is 2.87. The van der Waals surface area contributed by atoms with Gasteiger partial charge in [-0.2, -0.15) is 0 Å². The van der Waals surface area contributed by atoms with Crippen LogP contribution in [0, 0.1) is 0 Å². The Kier molecular flexibility index (Phi) is 5.17. The molecule has 112 valence electrons. The predicted octanol–water partition coefficient (Wildman–Crippen LogP) is 1.00. The molecule has 2 rings (SSSR count). The number of furan rings is 1. The Morgan fingerprint density at radius 3 is 3.15 bits per heavy atom. The van der Waals surface area contributed by atoms with Crippen LogP contribution in [-0.2, 0) is 16.0 Å². The van der Waals surface area contributed by atoms with Crippen LogP contribution in [0.2, 0.25) is 0 Å². The Bertz CT molecular complexity index is 444. The molecule has 0 radical (unpaired) electrons. The Labute approximate surface area is 118 Å². The van der Waals surface area contributed by atoms with Crippen molar-refractivity contribution < 1.29 is 18.7 Å². The van der Waals surface area contributed by atoms with Crippen LogP contribution in [0.3, 0.4) is 0 Å². The van der Waals surface area contributed by atoms with Gasteiger partial charge in [-0.15, -0.1) is 0 Å². The molecule has 2 N–H and O–H groups in total. The van der Waals surface area contributed by atoms with Gasteiger partial charge in [-0.05, 0) is 19.9 Å². The quantitative estimate of drug-likeness (QED) is 0.812. The summed E-state index contributed by atoms with van der Waals surface area (Å²) in [6.07, 6.45) is 1.54. The lowest BCUT2D eigenvalue weighted by Gasteiger charge is -2.34. The minimum absolute atomic E-state index is 0.0149. The molecule has 6 heteroatoms. The second-order valence-electron chi connectivity index (χ2n) is 4.98. The Hall–Kier alpha value is -1.37. The molecule has 0 bridgehead atoms. The van der Waals surface area contributed by atoms with Crippen molar-refractivity contribution in [1.29, 1.82) is 0 Å². The Morgan fingerprint density at radius 1 is 1.65 bits per heavy atom. The molecule has 1 aromatic heterocycles. The molecule has 1 fully saturated rings. The van der Waals surface area contributed by atoms with E-state index in [0.717, 1.165) is 13.1 Å². The van der Waals surface area contributed by atoms with Gasteiger partial charge >= 0.3 is 5.97 Å². The molecule has 0 amide bonds. The fourth-order valence-electron chi connectivity index (χ4n) is 2.25. The summed E-state index contributed by atoms with van der Waals surface area (Å²) in [6, 6.07) is 1.63. The highest BCUT2D eigenvalue weighted by atomic mass is 16.5. The van der Waals surface area contributed by atoms with Crippen molar-refractivity contribution in [3.05, 3.63) is 23.7 Å². The zero-order chi connectivity index (χ0) is 14.5. The summed E-state index contributed by atoms with van der Waals surface area (Å²) >= 11 is 0. The molecule has 2 unspecified atom stereocenters. The maximum absolute atomic E-state index is 11.8. The number of hydrogen-bond acceptors (Lipinski definition) is 6. The third kappa shape index (κ3) is 3.59. The van der Waals surface area contributed by atoms with Crippen molar-refractivity contribution in [2.24, 2.45) is 5.73 Å². The van der Waals surface area contributed by atoms with Crippen molar-refractivity contribution >= 4 is 5.97 Å². The second-order valence-corrected chi connectivity index (χ2v) is 4.98. The number of ether oxygens (including phenoxy) is 2. The number of hydrogen-bond donors (Lipinski definition) is 1. The first-order chi connectivity index (χ1) is 9.61. The number of esters is 1. The maximum Gasteiger partial charge on any atom is 0.341 e. The molecule has 0 spiro atoms. The molecule has 0 saturated carbocycles. The first kappa shape index (κ1) is 15.0. The molecule has 0 aromatic carbocycles. The monoisotopic (exact) mass is 282 g/mol. The highest BCUT2D eigenvalue weighted by Crippen LogP contribution is 2.17. The van der Waals surface area contributed by atoms with Crippen LogP contribution >= 0.6 is 0 Å². The van der Waals surface area contributed by atoms with E-state index < -0.39 is 0 Å². The first-order valence-electron chi connectivity index (χ1n) is 6.94. The van der Waals surface area contributed by atoms with E-state index >= 15 is 0 Å². The summed E-state index contributed by atoms with van der Waals surface area (Å²) < 4.78 is 16.0. The fraction of sp³-hybridized carbons (Fsp3) is 0.643. The van der Waals surface area contributed by atoms with Crippen LogP contribution in [0.1, 0.15) is 30.0 Å². The van der Waals surface area contributed by atoms with Crippen LogP contribution in [0.4, 0.5) is 0 Å². The van der Waals surface area contributed by atoms with Crippen molar-refractivity contribution in [2.45, 2.75) is 32.5 Å². The molecule has 1 aliphatic heterocycles. The van der Waals surface area contributed by atoms with Crippen LogP contribution in [-0.4, -0.2) is 49.3 Å². The van der Waals surface area contributed by atoms with E-state index in [1.807, 2.05) is 6.92 Å². The van der Waals surface area contributed by atoms with Crippen LogP contribution in [0.25, 0.3) is 0 Å². The van der Waals surface area contributed by atoms with E-state index in [-0.39, 0.29) is 18.1 Å². The van der Waals surface area contributed by atoms with Gasteiger partial charge in [-0.3, -0.25) is 4.90 Å². The van der Waals surface area contributed by atoms with Gasteiger partial charge in [0, 0.05) is 19.1 Å².